The molecule has 7 heteroatoms. The third-order valence-electron chi connectivity index (χ3n) is 3.90. The molecule has 0 spiro atoms. The normalized spacial score (nSPS) is 16.2. The van der Waals surface area contributed by atoms with Crippen molar-refractivity contribution in [3.05, 3.63) is 59.0 Å². The number of benzene rings is 1. The fourth-order valence-electron chi connectivity index (χ4n) is 2.70. The average Bonchev–Trinajstić information content (AvgIpc) is 3.10. The monoisotopic (exact) mass is 370 g/mol. The Morgan fingerprint density at radius 2 is 2.04 bits per heavy atom. The highest BCUT2D eigenvalue weighted by Gasteiger charge is 2.25. The van der Waals surface area contributed by atoms with Crippen LogP contribution in [-0.4, -0.2) is 43.7 Å². The van der Waals surface area contributed by atoms with E-state index in [2.05, 4.69) is 10.2 Å². The maximum atomic E-state index is 12.3. The van der Waals surface area contributed by atoms with Crippen molar-refractivity contribution in [1.29, 1.82) is 0 Å². The van der Waals surface area contributed by atoms with Gasteiger partial charge in [0.05, 0.1) is 25.5 Å². The molecule has 1 atom stereocenters. The molecule has 24 heavy (non-hydrogen) atoms. The summed E-state index contributed by atoms with van der Waals surface area (Å²) in [6, 6.07) is 10.7. The average molecular weight is 371 g/mol. The summed E-state index contributed by atoms with van der Waals surface area (Å²) in [6.07, 6.45) is 1.65. The largest absolute Gasteiger partial charge is 0.468 e. The molecule has 0 aliphatic carbocycles. The zero-order valence-electron chi connectivity index (χ0n) is 13.1. The minimum Gasteiger partial charge on any atom is -0.468 e. The van der Waals surface area contributed by atoms with Crippen molar-refractivity contribution in [2.45, 2.75) is 6.04 Å². The molecular formula is C17H20Cl2N2O3. The van der Waals surface area contributed by atoms with Gasteiger partial charge in [-0.1, -0.05) is 17.7 Å². The first-order valence-corrected chi connectivity index (χ1v) is 8.01. The predicted octanol–water partition coefficient (Wildman–Crippen LogP) is 3.16. The summed E-state index contributed by atoms with van der Waals surface area (Å²) in [4.78, 5) is 14.6. The fraction of sp³-hybridized carbons (Fsp3) is 0.353. The Kier molecular flexibility index (Phi) is 7.12. The van der Waals surface area contributed by atoms with E-state index in [0.717, 1.165) is 18.8 Å². The van der Waals surface area contributed by atoms with Crippen LogP contribution in [0.25, 0.3) is 0 Å². The topological polar surface area (TPSA) is 54.7 Å². The zero-order valence-corrected chi connectivity index (χ0v) is 14.7. The van der Waals surface area contributed by atoms with Crippen LogP contribution in [0, 0.1) is 0 Å². The van der Waals surface area contributed by atoms with Crippen molar-refractivity contribution in [2.24, 2.45) is 0 Å². The summed E-state index contributed by atoms with van der Waals surface area (Å²) < 4.78 is 11.0. The van der Waals surface area contributed by atoms with Crippen molar-refractivity contribution >= 4 is 29.9 Å². The molecule has 1 unspecified atom stereocenters. The number of morpholine rings is 1. The number of nitrogens with one attached hydrogen (secondary N) is 1. The highest BCUT2D eigenvalue weighted by Crippen LogP contribution is 2.22. The van der Waals surface area contributed by atoms with Crippen LogP contribution < -0.4 is 5.32 Å². The van der Waals surface area contributed by atoms with Crippen LogP contribution in [0.3, 0.4) is 0 Å². The van der Waals surface area contributed by atoms with Gasteiger partial charge in [0.25, 0.3) is 5.91 Å². The summed E-state index contributed by atoms with van der Waals surface area (Å²) in [5.74, 6) is 0.704. The lowest BCUT2D eigenvalue weighted by Crippen LogP contribution is -2.43. The molecule has 2 heterocycles. The quantitative estimate of drug-likeness (QED) is 0.877. The van der Waals surface area contributed by atoms with Crippen molar-refractivity contribution in [3.63, 3.8) is 0 Å². The first kappa shape index (κ1) is 18.8. The summed E-state index contributed by atoms with van der Waals surface area (Å²) in [6.45, 7) is 3.49. The lowest BCUT2D eigenvalue weighted by molar-refractivity contribution is 0.0118. The standard InChI is InChI=1S/C17H19ClN2O3.ClH/c18-14-4-1-3-13(11-14)17(21)19-12-15(16-5-2-8-23-16)20-6-9-22-10-7-20;/h1-5,8,11,15H,6-7,9-10,12H2,(H,19,21);1H. The maximum Gasteiger partial charge on any atom is 0.251 e. The number of ether oxygens (including phenoxy) is 1. The Labute approximate surface area is 152 Å². The van der Waals surface area contributed by atoms with Crippen LogP contribution in [-0.2, 0) is 4.74 Å². The third kappa shape index (κ3) is 4.74. The van der Waals surface area contributed by atoms with Crippen LogP contribution in [0.15, 0.2) is 47.1 Å². The molecule has 0 bridgehead atoms. The Hall–Kier alpha value is -1.53. The summed E-state index contributed by atoms with van der Waals surface area (Å²) in [5, 5.41) is 3.52. The highest BCUT2D eigenvalue weighted by molar-refractivity contribution is 6.30. The lowest BCUT2D eigenvalue weighted by Gasteiger charge is -2.33. The van der Waals surface area contributed by atoms with Crippen LogP contribution in [0.4, 0.5) is 0 Å². The lowest BCUT2D eigenvalue weighted by atomic mass is 10.1. The van der Waals surface area contributed by atoms with Crippen molar-refractivity contribution < 1.29 is 13.9 Å². The minimum atomic E-state index is -0.141. The van der Waals surface area contributed by atoms with Gasteiger partial charge >= 0.3 is 0 Å². The minimum absolute atomic E-state index is 0. The van der Waals surface area contributed by atoms with Crippen molar-refractivity contribution in [1.82, 2.24) is 10.2 Å². The van der Waals surface area contributed by atoms with Gasteiger partial charge in [0, 0.05) is 30.2 Å². The van der Waals surface area contributed by atoms with E-state index in [1.807, 2.05) is 12.1 Å². The number of halogens is 2. The number of hydrogen-bond donors (Lipinski definition) is 1. The second-order valence-electron chi connectivity index (χ2n) is 5.40. The van der Waals surface area contributed by atoms with Gasteiger partial charge in [-0.15, -0.1) is 12.4 Å². The molecule has 3 rings (SSSR count). The van der Waals surface area contributed by atoms with Gasteiger partial charge < -0.3 is 14.5 Å². The number of rotatable bonds is 5. The molecule has 1 aromatic carbocycles. The fourth-order valence-corrected chi connectivity index (χ4v) is 2.89. The van der Waals surface area contributed by atoms with E-state index in [9.17, 15) is 4.79 Å². The van der Waals surface area contributed by atoms with Crippen LogP contribution >= 0.6 is 24.0 Å². The van der Waals surface area contributed by atoms with Crippen molar-refractivity contribution in [3.8, 4) is 0 Å². The molecule has 1 saturated heterocycles. The van der Waals surface area contributed by atoms with E-state index in [4.69, 9.17) is 20.8 Å². The molecule has 0 saturated carbocycles. The maximum absolute atomic E-state index is 12.3. The second kappa shape index (κ2) is 9.08. The summed E-state index contributed by atoms with van der Waals surface area (Å²) in [7, 11) is 0. The molecule has 1 aliphatic heterocycles. The van der Waals surface area contributed by atoms with Gasteiger partial charge in [0.1, 0.15) is 5.76 Å². The number of hydrogen-bond acceptors (Lipinski definition) is 4. The predicted molar refractivity (Wildman–Crippen MR) is 94.9 cm³/mol. The first-order chi connectivity index (χ1) is 11.2. The van der Waals surface area contributed by atoms with Gasteiger partial charge in [-0.2, -0.15) is 0 Å². The smallest absolute Gasteiger partial charge is 0.251 e. The number of carbonyl (C=O) groups is 1. The van der Waals surface area contributed by atoms with E-state index in [-0.39, 0.29) is 24.4 Å². The molecule has 5 nitrogen and oxygen atoms in total. The Morgan fingerprint density at radius 3 is 2.71 bits per heavy atom. The van der Waals surface area contributed by atoms with E-state index in [0.29, 0.717) is 30.3 Å². The summed E-state index contributed by atoms with van der Waals surface area (Å²) in [5.41, 5.74) is 0.553. The van der Waals surface area contributed by atoms with Gasteiger partial charge in [-0.3, -0.25) is 9.69 Å². The number of amides is 1. The summed E-state index contributed by atoms with van der Waals surface area (Å²) >= 11 is 5.94. The molecule has 1 amide bonds. The molecule has 1 N–H and O–H groups in total. The highest BCUT2D eigenvalue weighted by atomic mass is 35.5. The number of furan rings is 1. The van der Waals surface area contributed by atoms with Gasteiger partial charge in [0.15, 0.2) is 0 Å². The third-order valence-corrected chi connectivity index (χ3v) is 4.14. The van der Waals surface area contributed by atoms with Gasteiger partial charge in [-0.25, -0.2) is 0 Å². The molecular weight excluding hydrogens is 351 g/mol. The SMILES string of the molecule is Cl.O=C(NCC(c1ccco1)N1CCOCC1)c1cccc(Cl)c1. The van der Waals surface area contributed by atoms with Gasteiger partial charge in [0.2, 0.25) is 0 Å². The number of nitrogens with zero attached hydrogens (tertiary/aromatic N) is 1. The van der Waals surface area contributed by atoms with Crippen LogP contribution in [0.2, 0.25) is 5.02 Å². The van der Waals surface area contributed by atoms with E-state index < -0.39 is 0 Å². The molecule has 1 aromatic heterocycles. The zero-order chi connectivity index (χ0) is 16.1. The Bertz CT molecular complexity index is 643. The molecule has 0 radical (unpaired) electrons. The molecule has 2 aromatic rings. The van der Waals surface area contributed by atoms with Crippen molar-refractivity contribution in [2.75, 3.05) is 32.8 Å². The first-order valence-electron chi connectivity index (χ1n) is 7.63. The van der Waals surface area contributed by atoms with E-state index in [1.54, 1.807) is 30.5 Å². The molecule has 130 valence electrons. The van der Waals surface area contributed by atoms with Crippen LogP contribution in [0.1, 0.15) is 22.2 Å². The Balaban J connectivity index is 0.00000208. The van der Waals surface area contributed by atoms with E-state index >= 15 is 0 Å². The van der Waals surface area contributed by atoms with Gasteiger partial charge in [-0.05, 0) is 30.3 Å². The molecule has 1 fully saturated rings. The molecule has 1 aliphatic rings. The second-order valence-corrected chi connectivity index (χ2v) is 5.84. The van der Waals surface area contributed by atoms with Crippen LogP contribution in [0.5, 0.6) is 0 Å². The Morgan fingerprint density at radius 1 is 1.25 bits per heavy atom. The number of carbonyl (C=O) groups excluding carboxylic acids is 1. The van der Waals surface area contributed by atoms with E-state index in [1.165, 1.54) is 0 Å².